The van der Waals surface area contributed by atoms with E-state index in [4.69, 9.17) is 4.74 Å². The lowest BCUT2D eigenvalue weighted by Gasteiger charge is -2.13. The first-order chi connectivity index (χ1) is 16.1. The van der Waals surface area contributed by atoms with Gasteiger partial charge in [-0.1, -0.05) is 24.3 Å². The van der Waals surface area contributed by atoms with Crippen molar-refractivity contribution in [3.05, 3.63) is 83.7 Å². The van der Waals surface area contributed by atoms with Gasteiger partial charge in [0.05, 0.1) is 11.3 Å². The van der Waals surface area contributed by atoms with Crippen molar-refractivity contribution in [3.63, 3.8) is 0 Å². The zero-order valence-electron chi connectivity index (χ0n) is 17.8. The van der Waals surface area contributed by atoms with Crippen LogP contribution in [0.5, 0.6) is 17.2 Å². The van der Waals surface area contributed by atoms with Gasteiger partial charge < -0.3 is 9.84 Å². The Bertz CT molecular complexity index is 1390. The molecule has 3 aromatic carbocycles. The second-order valence-corrected chi connectivity index (χ2v) is 8.70. The van der Waals surface area contributed by atoms with Crippen molar-refractivity contribution in [2.45, 2.75) is 19.5 Å². The summed E-state index contributed by atoms with van der Waals surface area (Å²) >= 11 is 1.11. The van der Waals surface area contributed by atoms with Crippen molar-refractivity contribution < 1.29 is 32.2 Å². The fourth-order valence-electron chi connectivity index (χ4n) is 3.45. The van der Waals surface area contributed by atoms with Gasteiger partial charge in [-0.3, -0.25) is 4.79 Å². The van der Waals surface area contributed by atoms with Crippen LogP contribution in [-0.2, 0) is 11.2 Å². The molecule has 0 saturated carbocycles. The molecule has 0 aliphatic heterocycles. The molecule has 0 saturated heterocycles. The minimum Gasteiger partial charge on any atom is -0.508 e. The van der Waals surface area contributed by atoms with E-state index in [1.807, 2.05) is 0 Å². The first-order valence-corrected chi connectivity index (χ1v) is 11.0. The molecular formula is C26H18F4O3S. The third kappa shape index (κ3) is 5.46. The van der Waals surface area contributed by atoms with E-state index in [0.717, 1.165) is 35.1 Å². The van der Waals surface area contributed by atoms with Crippen molar-refractivity contribution >= 4 is 33.3 Å². The molecule has 0 aliphatic rings. The zero-order valence-corrected chi connectivity index (χ0v) is 18.6. The number of carbonyl (C=O) groups is 1. The van der Waals surface area contributed by atoms with Crippen LogP contribution in [0.25, 0.3) is 26.6 Å². The summed E-state index contributed by atoms with van der Waals surface area (Å²) in [5.74, 6) is -0.108. The number of aromatic hydroxyl groups is 1. The number of halogens is 4. The number of hydrogen-bond donors (Lipinski definition) is 1. The quantitative estimate of drug-likeness (QED) is 0.222. The van der Waals surface area contributed by atoms with E-state index in [0.29, 0.717) is 20.7 Å². The molecule has 0 bridgehead atoms. The first kappa shape index (κ1) is 23.5. The lowest BCUT2D eigenvalue weighted by atomic mass is 10.0. The van der Waals surface area contributed by atoms with E-state index in [-0.39, 0.29) is 28.4 Å². The number of allylic oxidation sites excluding steroid dienone is 1. The molecule has 0 radical (unpaired) electrons. The summed E-state index contributed by atoms with van der Waals surface area (Å²) in [5, 5.41) is 10.5. The molecule has 34 heavy (non-hydrogen) atoms. The molecule has 1 aromatic heterocycles. The molecule has 0 atom stereocenters. The summed E-state index contributed by atoms with van der Waals surface area (Å²) in [6.45, 7) is 1.44. The smallest absolute Gasteiger partial charge is 0.393 e. The minimum atomic E-state index is -4.48. The van der Waals surface area contributed by atoms with E-state index >= 15 is 0 Å². The number of thiophene rings is 1. The Morgan fingerprint density at radius 3 is 2.47 bits per heavy atom. The fraction of sp³-hybridized carbons (Fsp3) is 0.115. The van der Waals surface area contributed by atoms with Crippen LogP contribution in [0.2, 0.25) is 0 Å². The van der Waals surface area contributed by atoms with Crippen molar-refractivity contribution in [2.75, 3.05) is 0 Å². The third-order valence-corrected chi connectivity index (χ3v) is 6.11. The van der Waals surface area contributed by atoms with Crippen molar-refractivity contribution in [1.29, 1.82) is 0 Å². The van der Waals surface area contributed by atoms with E-state index in [1.165, 1.54) is 25.1 Å². The summed E-state index contributed by atoms with van der Waals surface area (Å²) in [5.41, 5.74) is 0.758. The maximum Gasteiger partial charge on any atom is 0.393 e. The molecule has 0 unspecified atom stereocenters. The van der Waals surface area contributed by atoms with E-state index in [2.05, 4.69) is 0 Å². The lowest BCUT2D eigenvalue weighted by Crippen LogP contribution is -2.12. The van der Waals surface area contributed by atoms with E-state index in [9.17, 15) is 27.5 Å². The Morgan fingerprint density at radius 2 is 1.79 bits per heavy atom. The van der Waals surface area contributed by atoms with Crippen molar-refractivity contribution in [1.82, 2.24) is 0 Å². The second-order valence-electron chi connectivity index (χ2n) is 7.65. The maximum atomic E-state index is 14.1. The predicted molar refractivity (Wildman–Crippen MR) is 125 cm³/mol. The Kier molecular flexibility index (Phi) is 6.43. The maximum absolute atomic E-state index is 14.1. The molecule has 0 aliphatic carbocycles. The van der Waals surface area contributed by atoms with Gasteiger partial charge in [-0.15, -0.1) is 11.3 Å². The van der Waals surface area contributed by atoms with Crippen LogP contribution < -0.4 is 4.74 Å². The minimum absolute atomic E-state index is 0.0109. The summed E-state index contributed by atoms with van der Waals surface area (Å²) < 4.78 is 60.4. The normalized spacial score (nSPS) is 11.9. The van der Waals surface area contributed by atoms with Gasteiger partial charge in [0.15, 0.2) is 11.5 Å². The average Bonchev–Trinajstić information content (AvgIpc) is 3.10. The second kappa shape index (κ2) is 9.30. The summed E-state index contributed by atoms with van der Waals surface area (Å²) in [7, 11) is 0. The number of ketones is 1. The van der Waals surface area contributed by atoms with Crippen LogP contribution in [0.4, 0.5) is 17.6 Å². The molecular weight excluding hydrogens is 468 g/mol. The van der Waals surface area contributed by atoms with Crippen LogP contribution in [0, 0.1) is 5.82 Å². The average molecular weight is 486 g/mol. The van der Waals surface area contributed by atoms with Gasteiger partial charge in [-0.25, -0.2) is 4.39 Å². The summed E-state index contributed by atoms with van der Waals surface area (Å²) in [4.78, 5) is 11.4. The predicted octanol–water partition coefficient (Wildman–Crippen LogP) is 7.91. The number of benzene rings is 3. The molecule has 174 valence electrons. The molecule has 1 N–H and O–H groups in total. The van der Waals surface area contributed by atoms with Gasteiger partial charge >= 0.3 is 6.18 Å². The van der Waals surface area contributed by atoms with Gasteiger partial charge in [-0.2, -0.15) is 13.2 Å². The highest BCUT2D eigenvalue weighted by Gasteiger charge is 2.30. The molecule has 0 spiro atoms. The molecule has 8 heteroatoms. The highest BCUT2D eigenvalue weighted by molar-refractivity contribution is 7.22. The van der Waals surface area contributed by atoms with Gasteiger partial charge in [0.2, 0.25) is 0 Å². The van der Waals surface area contributed by atoms with Crippen LogP contribution in [0.15, 0.2) is 66.7 Å². The van der Waals surface area contributed by atoms with Crippen molar-refractivity contribution in [2.24, 2.45) is 0 Å². The van der Waals surface area contributed by atoms with E-state index < -0.39 is 18.4 Å². The molecule has 1 heterocycles. The number of rotatable bonds is 6. The molecule has 4 aromatic rings. The van der Waals surface area contributed by atoms with Gasteiger partial charge in [0.1, 0.15) is 17.3 Å². The highest BCUT2D eigenvalue weighted by Crippen LogP contribution is 2.48. The Balaban J connectivity index is 1.82. The Labute approximate surface area is 196 Å². The fourth-order valence-corrected chi connectivity index (χ4v) is 4.66. The Hall–Kier alpha value is -3.65. The number of phenolic OH excluding ortho intramolecular Hbond substituents is 1. The molecule has 3 nitrogen and oxygen atoms in total. The van der Waals surface area contributed by atoms with Crippen LogP contribution >= 0.6 is 11.3 Å². The topological polar surface area (TPSA) is 46.5 Å². The van der Waals surface area contributed by atoms with Crippen molar-refractivity contribution in [3.8, 4) is 27.7 Å². The molecule has 4 rings (SSSR count). The standard InChI is InChI=1S/C26H18F4O3S/c1-15(31)2-3-16-4-9-20(10-5-16)33-24-21-11-8-19(32)13-23(21)34-25(24)22-12-18(27)7-6-17(22)14-26(28,29)30/h2-13,32H,14H2,1H3/b3-2+. The number of phenols is 1. The largest absolute Gasteiger partial charge is 0.508 e. The SMILES string of the molecule is CC(=O)/C=C/c1ccc(Oc2c(-c3cc(F)ccc3CC(F)(F)F)sc3cc(O)ccc23)cc1. The number of fused-ring (bicyclic) bond motifs is 1. The number of ether oxygens (including phenoxy) is 1. The Morgan fingerprint density at radius 1 is 1.06 bits per heavy atom. The summed E-state index contributed by atoms with van der Waals surface area (Å²) in [6, 6.07) is 14.5. The molecule has 0 fully saturated rings. The molecule has 0 amide bonds. The van der Waals surface area contributed by atoms with E-state index in [1.54, 1.807) is 36.4 Å². The van der Waals surface area contributed by atoms with Crippen LogP contribution in [-0.4, -0.2) is 17.1 Å². The zero-order chi connectivity index (χ0) is 24.5. The number of carbonyl (C=O) groups excluding carboxylic acids is 1. The van der Waals surface area contributed by atoms with Crippen LogP contribution in [0.1, 0.15) is 18.1 Å². The van der Waals surface area contributed by atoms with Gasteiger partial charge in [0, 0.05) is 15.6 Å². The summed E-state index contributed by atoms with van der Waals surface area (Å²) in [6.07, 6.45) is -2.63. The number of alkyl halides is 3. The third-order valence-electron chi connectivity index (χ3n) is 4.95. The van der Waals surface area contributed by atoms with Gasteiger partial charge in [0.25, 0.3) is 0 Å². The van der Waals surface area contributed by atoms with Crippen LogP contribution in [0.3, 0.4) is 0 Å². The highest BCUT2D eigenvalue weighted by atomic mass is 32.1. The number of hydrogen-bond acceptors (Lipinski definition) is 4. The monoisotopic (exact) mass is 486 g/mol. The lowest BCUT2D eigenvalue weighted by molar-refractivity contribution is -0.127. The first-order valence-electron chi connectivity index (χ1n) is 10.2. The van der Waals surface area contributed by atoms with Gasteiger partial charge in [-0.05, 0) is 66.6 Å².